The molecule has 0 bridgehead atoms. The van der Waals surface area contributed by atoms with Crippen LogP contribution < -0.4 is 4.72 Å². The monoisotopic (exact) mass is 410 g/mol. The van der Waals surface area contributed by atoms with Gasteiger partial charge in [0.05, 0.1) is 16.6 Å². The third kappa shape index (κ3) is 3.77. The number of rotatable bonds is 4. The average Bonchev–Trinajstić information content (AvgIpc) is 2.96. The zero-order valence-electron chi connectivity index (χ0n) is 11.7. The standard InChI is InChI=1S/C15H11BrN2O3S2/c16-11-3-1-10(2-4-11)7-15(19)18-23(20,21)12-8-14-13(17-9-12)5-6-22-14/h1-6,8-9H,7H2,(H,18,19). The number of benzene rings is 1. The van der Waals surface area contributed by atoms with Crippen LogP contribution in [0.15, 0.2) is 57.3 Å². The molecule has 0 saturated heterocycles. The molecule has 0 aliphatic rings. The molecule has 1 aromatic carbocycles. The number of nitrogens with one attached hydrogen (secondary N) is 1. The first-order chi connectivity index (χ1) is 10.9. The molecule has 1 N–H and O–H groups in total. The van der Waals surface area contributed by atoms with Crippen molar-refractivity contribution < 1.29 is 13.2 Å². The number of nitrogens with zero attached hydrogens (tertiary/aromatic N) is 1. The van der Waals surface area contributed by atoms with Crippen molar-refractivity contribution in [2.24, 2.45) is 0 Å². The lowest BCUT2D eigenvalue weighted by molar-refractivity contribution is -0.118. The zero-order valence-corrected chi connectivity index (χ0v) is 14.9. The van der Waals surface area contributed by atoms with Crippen LogP contribution in [0.2, 0.25) is 0 Å². The third-order valence-corrected chi connectivity index (χ3v) is 5.84. The van der Waals surface area contributed by atoms with Crippen molar-refractivity contribution in [2.45, 2.75) is 11.3 Å². The lowest BCUT2D eigenvalue weighted by Gasteiger charge is -2.07. The third-order valence-electron chi connectivity index (χ3n) is 3.11. The Morgan fingerprint density at radius 2 is 1.96 bits per heavy atom. The highest BCUT2D eigenvalue weighted by atomic mass is 79.9. The van der Waals surface area contributed by atoms with Gasteiger partial charge in [-0.05, 0) is 35.2 Å². The molecule has 2 heterocycles. The smallest absolute Gasteiger partial charge is 0.265 e. The van der Waals surface area contributed by atoms with Gasteiger partial charge in [0, 0.05) is 10.7 Å². The predicted octanol–water partition coefficient (Wildman–Crippen LogP) is 3.11. The van der Waals surface area contributed by atoms with Crippen molar-refractivity contribution in [1.82, 2.24) is 9.71 Å². The van der Waals surface area contributed by atoms with Crippen molar-refractivity contribution in [1.29, 1.82) is 0 Å². The minimum absolute atomic E-state index is 0.0127. The number of hydrogen-bond acceptors (Lipinski definition) is 5. The molecule has 2 aromatic heterocycles. The fourth-order valence-corrected chi connectivity index (χ4v) is 4.08. The Morgan fingerprint density at radius 1 is 1.22 bits per heavy atom. The SMILES string of the molecule is O=C(Cc1ccc(Br)cc1)NS(=O)(=O)c1cnc2ccsc2c1. The van der Waals surface area contributed by atoms with Gasteiger partial charge in [-0.3, -0.25) is 9.78 Å². The van der Waals surface area contributed by atoms with E-state index in [9.17, 15) is 13.2 Å². The predicted molar refractivity (Wildman–Crippen MR) is 92.8 cm³/mol. The van der Waals surface area contributed by atoms with E-state index in [1.54, 1.807) is 24.3 Å². The molecular weight excluding hydrogens is 400 g/mol. The number of fused-ring (bicyclic) bond motifs is 1. The normalized spacial score (nSPS) is 11.5. The van der Waals surface area contributed by atoms with E-state index in [4.69, 9.17) is 0 Å². The van der Waals surface area contributed by atoms with Crippen molar-refractivity contribution in [3.8, 4) is 0 Å². The number of aromatic nitrogens is 1. The molecule has 3 aromatic rings. The fourth-order valence-electron chi connectivity index (χ4n) is 2.01. The Bertz CT molecular complexity index is 966. The number of amides is 1. The Balaban J connectivity index is 1.77. The molecule has 5 nitrogen and oxygen atoms in total. The van der Waals surface area contributed by atoms with Crippen molar-refractivity contribution in [2.75, 3.05) is 0 Å². The molecule has 0 aliphatic carbocycles. The largest absolute Gasteiger partial charge is 0.274 e. The minimum Gasteiger partial charge on any atom is -0.274 e. The Morgan fingerprint density at radius 3 is 2.70 bits per heavy atom. The molecule has 0 radical (unpaired) electrons. The second kappa shape index (κ2) is 6.38. The van der Waals surface area contributed by atoms with E-state index in [0.717, 1.165) is 20.3 Å². The fraction of sp³-hybridized carbons (Fsp3) is 0.0667. The lowest BCUT2D eigenvalue weighted by atomic mass is 10.1. The molecule has 0 spiro atoms. The molecule has 118 valence electrons. The van der Waals surface area contributed by atoms with Crippen LogP contribution in [0, 0.1) is 0 Å². The second-order valence-electron chi connectivity index (χ2n) is 4.81. The number of pyridine rings is 1. The second-order valence-corrected chi connectivity index (χ2v) is 8.35. The van der Waals surface area contributed by atoms with E-state index in [0.29, 0.717) is 0 Å². The van der Waals surface area contributed by atoms with Crippen LogP contribution >= 0.6 is 27.3 Å². The van der Waals surface area contributed by atoms with E-state index in [2.05, 4.69) is 25.6 Å². The highest BCUT2D eigenvalue weighted by molar-refractivity contribution is 9.10. The van der Waals surface area contributed by atoms with Gasteiger partial charge in [0.2, 0.25) is 5.91 Å². The summed E-state index contributed by atoms with van der Waals surface area (Å²) >= 11 is 4.70. The van der Waals surface area contributed by atoms with Gasteiger partial charge in [-0.25, -0.2) is 13.1 Å². The molecule has 8 heteroatoms. The summed E-state index contributed by atoms with van der Waals surface area (Å²) in [5, 5.41) is 1.83. The first-order valence-corrected chi connectivity index (χ1v) is 9.73. The highest BCUT2D eigenvalue weighted by Gasteiger charge is 2.19. The maximum Gasteiger partial charge on any atom is 0.265 e. The van der Waals surface area contributed by atoms with Crippen LogP contribution in [0.4, 0.5) is 0 Å². The van der Waals surface area contributed by atoms with Gasteiger partial charge in [-0.1, -0.05) is 28.1 Å². The maximum atomic E-state index is 12.3. The van der Waals surface area contributed by atoms with Crippen LogP contribution in [0.5, 0.6) is 0 Å². The molecule has 0 fully saturated rings. The number of carbonyl (C=O) groups is 1. The van der Waals surface area contributed by atoms with Gasteiger partial charge >= 0.3 is 0 Å². The van der Waals surface area contributed by atoms with Crippen LogP contribution in [0.3, 0.4) is 0 Å². The molecule has 0 atom stereocenters. The summed E-state index contributed by atoms with van der Waals surface area (Å²) < 4.78 is 28.3. The highest BCUT2D eigenvalue weighted by Crippen LogP contribution is 2.21. The Kier molecular flexibility index (Phi) is 4.47. The Labute approximate surface area is 145 Å². The van der Waals surface area contributed by atoms with E-state index in [1.807, 2.05) is 11.4 Å². The molecule has 0 unspecified atom stereocenters. The summed E-state index contributed by atoms with van der Waals surface area (Å²) in [6.45, 7) is 0. The average molecular weight is 411 g/mol. The molecule has 3 rings (SSSR count). The number of carbonyl (C=O) groups excluding carboxylic acids is 1. The van der Waals surface area contributed by atoms with E-state index >= 15 is 0 Å². The molecule has 23 heavy (non-hydrogen) atoms. The number of sulfonamides is 1. The molecular formula is C15H11BrN2O3S2. The number of halogens is 1. The number of thiophene rings is 1. The summed E-state index contributed by atoms with van der Waals surface area (Å²) in [6.07, 6.45) is 1.24. The van der Waals surface area contributed by atoms with Crippen molar-refractivity contribution >= 4 is 53.4 Å². The topological polar surface area (TPSA) is 76.1 Å². The lowest BCUT2D eigenvalue weighted by Crippen LogP contribution is -2.31. The van der Waals surface area contributed by atoms with Crippen LogP contribution in [-0.4, -0.2) is 19.3 Å². The first-order valence-electron chi connectivity index (χ1n) is 6.57. The number of hydrogen-bond donors (Lipinski definition) is 1. The summed E-state index contributed by atoms with van der Waals surface area (Å²) in [5.41, 5.74) is 1.46. The summed E-state index contributed by atoms with van der Waals surface area (Å²) in [7, 11) is -3.92. The van der Waals surface area contributed by atoms with E-state index < -0.39 is 15.9 Å². The zero-order chi connectivity index (χ0) is 16.4. The first kappa shape index (κ1) is 16.1. The van der Waals surface area contributed by atoms with Crippen LogP contribution in [0.1, 0.15) is 5.56 Å². The van der Waals surface area contributed by atoms with Gasteiger partial charge in [-0.15, -0.1) is 11.3 Å². The van der Waals surface area contributed by atoms with E-state index in [1.165, 1.54) is 23.6 Å². The van der Waals surface area contributed by atoms with Gasteiger partial charge in [-0.2, -0.15) is 0 Å². The quantitative estimate of drug-likeness (QED) is 0.716. The van der Waals surface area contributed by atoms with E-state index in [-0.39, 0.29) is 11.3 Å². The van der Waals surface area contributed by atoms with Gasteiger partial charge in [0.25, 0.3) is 10.0 Å². The molecule has 1 amide bonds. The molecule has 0 aliphatic heterocycles. The summed E-state index contributed by atoms with van der Waals surface area (Å²) in [6, 6.07) is 10.4. The van der Waals surface area contributed by atoms with Crippen molar-refractivity contribution in [3.63, 3.8) is 0 Å². The van der Waals surface area contributed by atoms with Gasteiger partial charge in [0.1, 0.15) is 4.90 Å². The van der Waals surface area contributed by atoms with Gasteiger partial charge < -0.3 is 0 Å². The Hall–Kier alpha value is -1.77. The maximum absolute atomic E-state index is 12.3. The van der Waals surface area contributed by atoms with Crippen molar-refractivity contribution in [3.05, 3.63) is 58.0 Å². The molecule has 0 saturated carbocycles. The van der Waals surface area contributed by atoms with Crippen LogP contribution in [-0.2, 0) is 21.2 Å². The van der Waals surface area contributed by atoms with Gasteiger partial charge in [0.15, 0.2) is 0 Å². The summed E-state index contributed by atoms with van der Waals surface area (Å²) in [4.78, 5) is 16.0. The van der Waals surface area contributed by atoms with Crippen LogP contribution in [0.25, 0.3) is 10.2 Å². The minimum atomic E-state index is -3.92. The summed E-state index contributed by atoms with van der Waals surface area (Å²) in [5.74, 6) is -0.585.